The van der Waals surface area contributed by atoms with Crippen molar-refractivity contribution in [3.05, 3.63) is 200 Å². The molecule has 0 saturated heterocycles. The Balaban J connectivity index is 1.37. The summed E-state index contributed by atoms with van der Waals surface area (Å²) < 4.78 is 150. The highest BCUT2D eigenvalue weighted by atomic mass is 16.3. The van der Waals surface area contributed by atoms with Gasteiger partial charge >= 0.3 is 0 Å². The van der Waals surface area contributed by atoms with Crippen LogP contribution in [0, 0.1) is 0 Å². The first-order chi connectivity index (χ1) is 32.5. The molecule has 0 unspecified atom stereocenters. The van der Waals surface area contributed by atoms with Gasteiger partial charge in [0.05, 0.1) is 27.6 Å². The normalized spacial score (nSPS) is 15.8. The van der Waals surface area contributed by atoms with Crippen molar-refractivity contribution in [2.24, 2.45) is 0 Å². The predicted octanol–water partition coefficient (Wildman–Crippen LogP) is 14.4. The maximum Gasteiger partial charge on any atom is 0.143 e. The van der Waals surface area contributed by atoms with Crippen LogP contribution < -0.4 is 4.90 Å². The van der Waals surface area contributed by atoms with E-state index in [1.165, 1.54) is 0 Å². The second kappa shape index (κ2) is 12.5. The second-order valence-electron chi connectivity index (χ2n) is 12.1. The Morgan fingerprint density at radius 2 is 1.12 bits per heavy atom. The van der Waals surface area contributed by atoms with Crippen LogP contribution in [0.5, 0.6) is 0 Å². The molecular weight excluding hydrogens is 631 g/mol. The smallest absolute Gasteiger partial charge is 0.143 e. The van der Waals surface area contributed by atoms with Gasteiger partial charge < -0.3 is 9.32 Å². The number of hydrogen-bond donors (Lipinski definition) is 0. The Labute approximate surface area is 324 Å². The molecule has 1 heterocycles. The lowest BCUT2D eigenvalue weighted by Gasteiger charge is -2.27. The maximum atomic E-state index is 9.73. The highest BCUT2D eigenvalue weighted by Crippen LogP contribution is 2.47. The Bertz CT molecular complexity index is 3780. The van der Waals surface area contributed by atoms with Crippen molar-refractivity contribution in [1.29, 1.82) is 0 Å². The van der Waals surface area contributed by atoms with Crippen LogP contribution in [0.4, 0.5) is 17.1 Å². The van der Waals surface area contributed by atoms with E-state index in [2.05, 4.69) is 0 Å². The molecule has 0 amide bonds. The van der Waals surface area contributed by atoms with E-state index < -0.39 is 130 Å². The minimum absolute atomic E-state index is 0.0709. The summed E-state index contributed by atoms with van der Waals surface area (Å²) in [4.78, 5) is 1.12. The number of fused-ring (bicyclic) bond motifs is 6. The molecule has 2 nitrogen and oxygen atoms in total. The molecule has 10 aromatic rings. The van der Waals surface area contributed by atoms with Crippen LogP contribution >= 0.6 is 0 Å². The van der Waals surface area contributed by atoms with Crippen LogP contribution in [-0.2, 0) is 0 Å². The molecule has 0 bridgehead atoms. The summed E-state index contributed by atoms with van der Waals surface area (Å²) in [6, 6.07) is 20.1. The van der Waals surface area contributed by atoms with Gasteiger partial charge in [0.1, 0.15) is 11.2 Å². The Morgan fingerprint density at radius 1 is 0.442 bits per heavy atom. The van der Waals surface area contributed by atoms with Gasteiger partial charge in [0.2, 0.25) is 0 Å². The summed E-state index contributed by atoms with van der Waals surface area (Å²) >= 11 is 0. The first kappa shape index (κ1) is 17.8. The van der Waals surface area contributed by atoms with E-state index in [0.717, 1.165) is 27.2 Å². The summed E-state index contributed by atoms with van der Waals surface area (Å²) in [6.45, 7) is 0. The number of benzene rings is 9. The zero-order chi connectivity index (χ0) is 48.4. The fourth-order valence-electron chi connectivity index (χ4n) is 6.71. The van der Waals surface area contributed by atoms with Gasteiger partial charge in [0, 0.05) is 32.9 Å². The standard InChI is InChI=1S/C50H33NO/c1-3-13-34(14-4-1)37-25-28-41(29-26-37)51(42-30-27-36-17-7-8-18-39(36)32-42)47-33-46-49-43(40-20-11-19-38(31-40)35-15-5-2-6-16-35)23-12-24-48(49)52-50(46)45-22-10-9-21-44(45)47/h1-33H/i1D,3D,4D,7D,8D,13D,14D,17D,18D,25D,26D,27D,28D,29D,30D,32D. The van der Waals surface area contributed by atoms with Crippen molar-refractivity contribution in [3.63, 3.8) is 0 Å². The quantitative estimate of drug-likeness (QED) is 0.174. The first-order valence-electron chi connectivity index (χ1n) is 24.5. The third-order valence-electron chi connectivity index (χ3n) is 9.05. The lowest BCUT2D eigenvalue weighted by Crippen LogP contribution is -2.10. The van der Waals surface area contributed by atoms with Crippen molar-refractivity contribution in [1.82, 2.24) is 0 Å². The lowest BCUT2D eigenvalue weighted by molar-refractivity contribution is 0.673. The molecule has 2 heteroatoms. The molecule has 0 fully saturated rings. The highest BCUT2D eigenvalue weighted by molar-refractivity contribution is 6.22. The molecule has 0 atom stereocenters. The molecule has 9 aromatic carbocycles. The molecule has 0 spiro atoms. The number of hydrogen-bond acceptors (Lipinski definition) is 2. The van der Waals surface area contributed by atoms with Gasteiger partial charge in [-0.15, -0.1) is 0 Å². The number of rotatable bonds is 6. The summed E-state index contributed by atoms with van der Waals surface area (Å²) in [7, 11) is 0. The molecule has 0 radical (unpaired) electrons. The van der Waals surface area contributed by atoms with Crippen molar-refractivity contribution in [2.45, 2.75) is 0 Å². The van der Waals surface area contributed by atoms with E-state index in [1.807, 2.05) is 66.7 Å². The van der Waals surface area contributed by atoms with Gasteiger partial charge in [0.25, 0.3) is 0 Å². The zero-order valence-corrected chi connectivity index (χ0v) is 27.2. The van der Waals surface area contributed by atoms with Gasteiger partial charge in [-0.1, -0.05) is 157 Å². The maximum absolute atomic E-state index is 9.73. The largest absolute Gasteiger partial charge is 0.455 e. The first-order valence-corrected chi connectivity index (χ1v) is 16.5. The van der Waals surface area contributed by atoms with Crippen LogP contribution in [0.2, 0.25) is 0 Å². The lowest BCUT2D eigenvalue weighted by atomic mass is 9.94. The topological polar surface area (TPSA) is 16.4 Å². The van der Waals surface area contributed by atoms with Crippen molar-refractivity contribution < 1.29 is 26.3 Å². The minimum atomic E-state index is -0.823. The van der Waals surface area contributed by atoms with Crippen LogP contribution in [0.15, 0.2) is 204 Å². The monoisotopic (exact) mass is 679 g/mol. The van der Waals surface area contributed by atoms with Gasteiger partial charge in [-0.2, -0.15) is 0 Å². The van der Waals surface area contributed by atoms with E-state index in [0.29, 0.717) is 32.7 Å². The number of nitrogens with zero attached hydrogens (tertiary/aromatic N) is 1. The zero-order valence-electron chi connectivity index (χ0n) is 43.2. The fourth-order valence-corrected chi connectivity index (χ4v) is 6.71. The molecular formula is C50H33NO. The second-order valence-corrected chi connectivity index (χ2v) is 12.1. The minimum Gasteiger partial charge on any atom is -0.455 e. The van der Waals surface area contributed by atoms with Crippen LogP contribution in [0.3, 0.4) is 0 Å². The Kier molecular flexibility index (Phi) is 4.28. The van der Waals surface area contributed by atoms with Gasteiger partial charge in [-0.25, -0.2) is 0 Å². The number of furan rings is 1. The highest BCUT2D eigenvalue weighted by Gasteiger charge is 2.22. The van der Waals surface area contributed by atoms with Gasteiger partial charge in [-0.3, -0.25) is 0 Å². The van der Waals surface area contributed by atoms with E-state index in [-0.39, 0.29) is 5.69 Å². The van der Waals surface area contributed by atoms with E-state index in [1.54, 1.807) is 36.4 Å². The summed E-state index contributed by atoms with van der Waals surface area (Å²) in [5.41, 5.74) is 2.26. The average Bonchev–Trinajstić information content (AvgIpc) is 3.74. The molecule has 0 aliphatic rings. The Hall–Kier alpha value is -6.90. The van der Waals surface area contributed by atoms with Gasteiger partial charge in [-0.05, 0) is 86.5 Å². The van der Waals surface area contributed by atoms with Crippen LogP contribution in [0.1, 0.15) is 21.9 Å². The Morgan fingerprint density at radius 3 is 1.96 bits per heavy atom. The van der Waals surface area contributed by atoms with Crippen molar-refractivity contribution in [3.8, 4) is 33.4 Å². The van der Waals surface area contributed by atoms with E-state index in [9.17, 15) is 9.60 Å². The predicted molar refractivity (Wildman–Crippen MR) is 220 cm³/mol. The number of anilines is 3. The summed E-state index contributed by atoms with van der Waals surface area (Å²) in [6.07, 6.45) is 0. The molecule has 1 aromatic heterocycles. The summed E-state index contributed by atoms with van der Waals surface area (Å²) in [5, 5.41) is 1.15. The molecule has 0 saturated carbocycles. The third kappa shape index (κ3) is 5.12. The molecule has 0 aliphatic heterocycles. The molecule has 0 aliphatic carbocycles. The molecule has 52 heavy (non-hydrogen) atoms. The molecule has 244 valence electrons. The van der Waals surface area contributed by atoms with E-state index >= 15 is 0 Å². The molecule has 0 N–H and O–H groups in total. The van der Waals surface area contributed by atoms with E-state index in [4.69, 9.17) is 16.8 Å². The SMILES string of the molecule is [2H]c1c([2H])c([2H])c(-c2c([2H])c([2H])c(N(c3c([2H])c([2H])c4c([2H])c([2H])c([2H])c([2H])c4c3[2H])c3cc4c(oc5cccc(-c6cccc(-c7ccccc7)c6)c54)c4ccccc34)c([2H])c2[2H])c([2H])c1[2H]. The van der Waals surface area contributed by atoms with Crippen LogP contribution in [-0.4, -0.2) is 0 Å². The van der Waals surface area contributed by atoms with Crippen LogP contribution in [0.25, 0.3) is 76.9 Å². The van der Waals surface area contributed by atoms with Gasteiger partial charge in [0.15, 0.2) is 0 Å². The fraction of sp³-hybridized carbons (Fsp3) is 0. The summed E-state index contributed by atoms with van der Waals surface area (Å²) in [5.74, 6) is 0. The molecule has 10 rings (SSSR count). The third-order valence-corrected chi connectivity index (χ3v) is 9.05. The average molecular weight is 680 g/mol. The van der Waals surface area contributed by atoms with Crippen molar-refractivity contribution in [2.75, 3.05) is 4.90 Å². The van der Waals surface area contributed by atoms with Crippen molar-refractivity contribution >= 4 is 60.5 Å².